The number of benzene rings is 1. The minimum atomic E-state index is -0.216. The van der Waals surface area contributed by atoms with E-state index in [0.29, 0.717) is 18.8 Å². The molecule has 3 rings (SSSR count). The van der Waals surface area contributed by atoms with Crippen LogP contribution in [0.15, 0.2) is 52.1 Å². The average molecular weight is 513 g/mol. The van der Waals surface area contributed by atoms with Crippen molar-refractivity contribution in [3.8, 4) is 5.75 Å². The summed E-state index contributed by atoms with van der Waals surface area (Å²) in [6, 6.07) is 11.4. The molecule has 0 unspecified atom stereocenters. The van der Waals surface area contributed by atoms with Crippen molar-refractivity contribution >= 4 is 41.5 Å². The summed E-state index contributed by atoms with van der Waals surface area (Å²) in [4.78, 5) is 20.8. The second-order valence-electron chi connectivity index (χ2n) is 6.35. The van der Waals surface area contributed by atoms with Crippen molar-refractivity contribution in [1.29, 1.82) is 0 Å². The van der Waals surface area contributed by atoms with Gasteiger partial charge < -0.3 is 29.6 Å². The highest BCUT2D eigenvalue weighted by molar-refractivity contribution is 14.0. The number of hydrogen-bond acceptors (Lipinski definition) is 5. The van der Waals surface area contributed by atoms with Crippen molar-refractivity contribution in [2.75, 3.05) is 58.3 Å². The molecule has 8 nitrogen and oxygen atoms in total. The summed E-state index contributed by atoms with van der Waals surface area (Å²) in [5, 5.41) is 6.12. The SMILES string of the molecule is CN=C(NCCNC(=O)c1ccco1)N1CCN(c2ccccc2OC)CC1.I. The van der Waals surface area contributed by atoms with E-state index in [1.807, 2.05) is 18.2 Å². The van der Waals surface area contributed by atoms with E-state index in [1.54, 1.807) is 26.3 Å². The second kappa shape index (κ2) is 11.5. The van der Waals surface area contributed by atoms with Crippen LogP contribution in [-0.4, -0.2) is 70.2 Å². The van der Waals surface area contributed by atoms with Crippen molar-refractivity contribution < 1.29 is 13.9 Å². The van der Waals surface area contributed by atoms with Gasteiger partial charge in [0.25, 0.3) is 5.91 Å². The molecule has 2 N–H and O–H groups in total. The zero-order chi connectivity index (χ0) is 19.8. The Bertz CT molecular complexity index is 789. The molecule has 0 spiro atoms. The van der Waals surface area contributed by atoms with Crippen LogP contribution < -0.4 is 20.3 Å². The zero-order valence-electron chi connectivity index (χ0n) is 16.8. The molecule has 0 atom stereocenters. The highest BCUT2D eigenvalue weighted by Gasteiger charge is 2.21. The number of piperazine rings is 1. The number of guanidine groups is 1. The van der Waals surface area contributed by atoms with Gasteiger partial charge in [0.05, 0.1) is 19.1 Å². The lowest BCUT2D eigenvalue weighted by molar-refractivity contribution is 0.0926. The van der Waals surface area contributed by atoms with Gasteiger partial charge in [-0.25, -0.2) is 0 Å². The predicted molar refractivity (Wildman–Crippen MR) is 125 cm³/mol. The number of carbonyl (C=O) groups is 1. The molecule has 1 aliphatic heterocycles. The molecule has 1 fully saturated rings. The number of halogens is 1. The van der Waals surface area contributed by atoms with Crippen LogP contribution in [0.25, 0.3) is 0 Å². The Kier molecular flexibility index (Phi) is 9.10. The number of nitrogens with one attached hydrogen (secondary N) is 2. The average Bonchev–Trinajstić information content (AvgIpc) is 3.29. The number of ether oxygens (including phenoxy) is 1. The molecule has 9 heteroatoms. The van der Waals surface area contributed by atoms with E-state index in [2.05, 4.69) is 31.5 Å². The van der Waals surface area contributed by atoms with E-state index in [-0.39, 0.29) is 29.9 Å². The second-order valence-corrected chi connectivity index (χ2v) is 6.35. The smallest absolute Gasteiger partial charge is 0.287 e. The first-order chi connectivity index (χ1) is 13.7. The normalized spacial score (nSPS) is 14.2. The van der Waals surface area contributed by atoms with Gasteiger partial charge in [0.2, 0.25) is 0 Å². The summed E-state index contributed by atoms with van der Waals surface area (Å²) in [6.07, 6.45) is 1.49. The molecule has 0 radical (unpaired) electrons. The number of furan rings is 1. The van der Waals surface area contributed by atoms with Gasteiger partial charge in [-0.3, -0.25) is 9.79 Å². The van der Waals surface area contributed by atoms with E-state index >= 15 is 0 Å². The number of anilines is 1. The van der Waals surface area contributed by atoms with E-state index in [0.717, 1.165) is 43.6 Å². The van der Waals surface area contributed by atoms with Gasteiger partial charge in [0.1, 0.15) is 5.75 Å². The van der Waals surface area contributed by atoms with Crippen molar-refractivity contribution in [3.05, 3.63) is 48.4 Å². The van der Waals surface area contributed by atoms with Crippen LogP contribution in [0.5, 0.6) is 5.75 Å². The van der Waals surface area contributed by atoms with Crippen molar-refractivity contribution in [2.45, 2.75) is 0 Å². The summed E-state index contributed by atoms with van der Waals surface area (Å²) in [7, 11) is 3.47. The molecule has 2 heterocycles. The van der Waals surface area contributed by atoms with Gasteiger partial charge in [-0.2, -0.15) is 0 Å². The quantitative estimate of drug-likeness (QED) is 0.266. The molecule has 1 amide bonds. The Balaban J connectivity index is 0.00000300. The van der Waals surface area contributed by atoms with Gasteiger partial charge >= 0.3 is 0 Å². The third-order valence-corrected chi connectivity index (χ3v) is 4.66. The van der Waals surface area contributed by atoms with E-state index in [9.17, 15) is 4.79 Å². The molecule has 29 heavy (non-hydrogen) atoms. The number of amides is 1. The van der Waals surface area contributed by atoms with Crippen LogP contribution in [-0.2, 0) is 0 Å². The summed E-state index contributed by atoms with van der Waals surface area (Å²) in [6.45, 7) is 4.56. The van der Waals surface area contributed by atoms with Crippen molar-refractivity contribution in [2.24, 2.45) is 4.99 Å². The van der Waals surface area contributed by atoms with Gasteiger partial charge in [-0.1, -0.05) is 12.1 Å². The molecule has 0 bridgehead atoms. The Morgan fingerprint density at radius 3 is 2.48 bits per heavy atom. The molecule has 1 aliphatic rings. The highest BCUT2D eigenvalue weighted by atomic mass is 127. The van der Waals surface area contributed by atoms with Crippen molar-refractivity contribution in [3.63, 3.8) is 0 Å². The Hall–Kier alpha value is -2.43. The van der Waals surface area contributed by atoms with Crippen molar-refractivity contribution in [1.82, 2.24) is 15.5 Å². The zero-order valence-corrected chi connectivity index (χ0v) is 19.1. The monoisotopic (exact) mass is 513 g/mol. The first-order valence-corrected chi connectivity index (χ1v) is 9.38. The minimum Gasteiger partial charge on any atom is -0.495 e. The first-order valence-electron chi connectivity index (χ1n) is 9.38. The molecule has 0 saturated carbocycles. The van der Waals surface area contributed by atoms with E-state index < -0.39 is 0 Å². The number of nitrogens with zero attached hydrogens (tertiary/aromatic N) is 3. The molecular weight excluding hydrogens is 485 g/mol. The van der Waals surface area contributed by atoms with E-state index in [4.69, 9.17) is 9.15 Å². The maximum atomic E-state index is 11.9. The maximum absolute atomic E-state index is 11.9. The summed E-state index contributed by atoms with van der Waals surface area (Å²) in [5.41, 5.74) is 1.12. The number of aliphatic imine (C=N–C) groups is 1. The van der Waals surface area contributed by atoms with Gasteiger partial charge in [-0.15, -0.1) is 24.0 Å². The molecule has 1 saturated heterocycles. The Labute approximate surface area is 188 Å². The Morgan fingerprint density at radius 2 is 1.83 bits per heavy atom. The number of rotatable bonds is 6. The topological polar surface area (TPSA) is 82.3 Å². The van der Waals surface area contributed by atoms with Gasteiger partial charge in [0, 0.05) is 46.3 Å². The maximum Gasteiger partial charge on any atom is 0.287 e. The standard InChI is InChI=1S/C20H27N5O3.HI/c1-21-20(23-10-9-22-19(26)18-8-5-15-28-18)25-13-11-24(12-14-25)16-6-3-4-7-17(16)27-2;/h3-8,15H,9-14H2,1-2H3,(H,21,23)(H,22,26);1H. The molecule has 0 aliphatic carbocycles. The van der Waals surface area contributed by atoms with Crippen LogP contribution in [0, 0.1) is 0 Å². The first kappa shape index (κ1) is 22.9. The molecule has 1 aromatic heterocycles. The fourth-order valence-electron chi connectivity index (χ4n) is 3.23. The van der Waals surface area contributed by atoms with Crippen LogP contribution in [0.1, 0.15) is 10.6 Å². The number of carbonyl (C=O) groups excluding carboxylic acids is 1. The van der Waals surface area contributed by atoms with Crippen LogP contribution in [0.4, 0.5) is 5.69 Å². The fraction of sp³-hybridized carbons (Fsp3) is 0.400. The lowest BCUT2D eigenvalue weighted by Crippen LogP contribution is -2.53. The fourth-order valence-corrected chi connectivity index (χ4v) is 3.23. The van der Waals surface area contributed by atoms with Crippen LogP contribution >= 0.6 is 24.0 Å². The number of hydrogen-bond donors (Lipinski definition) is 2. The largest absolute Gasteiger partial charge is 0.495 e. The molecular formula is C20H28IN5O3. The number of methoxy groups -OCH3 is 1. The minimum absolute atomic E-state index is 0. The number of para-hydroxylation sites is 2. The third-order valence-electron chi connectivity index (χ3n) is 4.66. The molecule has 2 aromatic rings. The van der Waals surface area contributed by atoms with Crippen LogP contribution in [0.3, 0.4) is 0 Å². The van der Waals surface area contributed by atoms with Gasteiger partial charge in [-0.05, 0) is 24.3 Å². The molecule has 158 valence electrons. The van der Waals surface area contributed by atoms with Crippen LogP contribution in [0.2, 0.25) is 0 Å². The predicted octanol–water partition coefficient (Wildman–Crippen LogP) is 2.03. The van der Waals surface area contributed by atoms with Gasteiger partial charge in [0.15, 0.2) is 11.7 Å². The summed E-state index contributed by atoms with van der Waals surface area (Å²) < 4.78 is 10.5. The Morgan fingerprint density at radius 1 is 1.10 bits per heavy atom. The third kappa shape index (κ3) is 6.02. The molecule has 1 aromatic carbocycles. The lowest BCUT2D eigenvalue weighted by atomic mass is 10.2. The lowest BCUT2D eigenvalue weighted by Gasteiger charge is -2.38. The highest BCUT2D eigenvalue weighted by Crippen LogP contribution is 2.28. The summed E-state index contributed by atoms with van der Waals surface area (Å²) >= 11 is 0. The summed E-state index contributed by atoms with van der Waals surface area (Å²) in [5.74, 6) is 1.83. The van der Waals surface area contributed by atoms with E-state index in [1.165, 1.54) is 6.26 Å².